The second-order valence-corrected chi connectivity index (χ2v) is 7.27. The minimum atomic E-state index is 0.114. The van der Waals surface area contributed by atoms with E-state index < -0.39 is 0 Å². The lowest BCUT2D eigenvalue weighted by molar-refractivity contribution is -0.129. The summed E-state index contributed by atoms with van der Waals surface area (Å²) in [6.07, 6.45) is 0.639. The minimum Gasteiger partial charge on any atom is -0.344 e. The summed E-state index contributed by atoms with van der Waals surface area (Å²) in [4.78, 5) is 16.2. The zero-order chi connectivity index (χ0) is 13.4. The van der Waals surface area contributed by atoms with Crippen LogP contribution in [0.4, 0.5) is 0 Å². The van der Waals surface area contributed by atoms with E-state index in [9.17, 15) is 4.79 Å². The van der Waals surface area contributed by atoms with E-state index in [0.29, 0.717) is 12.5 Å². The Hall–Kier alpha value is -0.570. The van der Waals surface area contributed by atoms with Crippen LogP contribution in [0.5, 0.6) is 0 Å². The number of hydrogen-bond acceptors (Lipinski definition) is 2. The summed E-state index contributed by atoms with van der Waals surface area (Å²) in [6, 6.07) is 0.416. The van der Waals surface area contributed by atoms with Crippen molar-refractivity contribution < 1.29 is 4.79 Å². The maximum atomic E-state index is 11.9. The summed E-state index contributed by atoms with van der Waals surface area (Å²) >= 11 is 0. The quantitative estimate of drug-likeness (QED) is 0.649. The zero-order valence-corrected chi connectivity index (χ0v) is 12.5. The van der Waals surface area contributed by atoms with Gasteiger partial charge in [0, 0.05) is 38.1 Å². The van der Waals surface area contributed by atoms with Crippen molar-refractivity contribution in [3.8, 4) is 0 Å². The largest absolute Gasteiger partial charge is 0.344 e. The van der Waals surface area contributed by atoms with Gasteiger partial charge in [0.1, 0.15) is 0 Å². The van der Waals surface area contributed by atoms with Gasteiger partial charge in [0.15, 0.2) is 0 Å². The van der Waals surface area contributed by atoms with E-state index in [-0.39, 0.29) is 16.9 Å². The van der Waals surface area contributed by atoms with Crippen LogP contribution in [0.1, 0.15) is 48.0 Å². The van der Waals surface area contributed by atoms with Gasteiger partial charge in [-0.1, -0.05) is 20.8 Å². The van der Waals surface area contributed by atoms with Crippen molar-refractivity contribution in [3.63, 3.8) is 0 Å². The molecule has 1 unspecified atom stereocenters. The number of hydrogen-bond donors (Lipinski definition) is 0. The van der Waals surface area contributed by atoms with Gasteiger partial charge in [0.25, 0.3) is 0 Å². The topological polar surface area (TPSA) is 23.6 Å². The number of likely N-dealkylation sites (N-methyl/N-ethyl adjacent to an activating group) is 1. The predicted octanol–water partition coefficient (Wildman–Crippen LogP) is 2.36. The normalized spacial score (nSPS) is 25.0. The fraction of sp³-hybridized carbons (Fsp3) is 0.929. The first kappa shape index (κ1) is 14.5. The van der Waals surface area contributed by atoms with Crippen molar-refractivity contribution in [3.05, 3.63) is 0 Å². The van der Waals surface area contributed by atoms with Crippen molar-refractivity contribution in [2.45, 2.75) is 59.5 Å². The van der Waals surface area contributed by atoms with E-state index in [2.05, 4.69) is 46.4 Å². The maximum Gasteiger partial charge on any atom is 0.223 e. The van der Waals surface area contributed by atoms with Gasteiger partial charge < -0.3 is 4.90 Å². The second-order valence-electron chi connectivity index (χ2n) is 7.27. The highest BCUT2D eigenvalue weighted by Crippen LogP contribution is 2.32. The minimum absolute atomic E-state index is 0.114. The predicted molar refractivity (Wildman–Crippen MR) is 72.0 cm³/mol. The summed E-state index contributed by atoms with van der Waals surface area (Å²) in [5.41, 5.74) is 0.301. The molecular formula is C14H28N2O. The first-order valence-electron chi connectivity index (χ1n) is 6.54. The Labute approximate surface area is 106 Å². The monoisotopic (exact) mass is 240 g/mol. The lowest BCUT2D eigenvalue weighted by atomic mass is 9.83. The van der Waals surface area contributed by atoms with Crippen LogP contribution in [0, 0.1) is 5.41 Å². The summed E-state index contributed by atoms with van der Waals surface area (Å²) < 4.78 is 0. The second kappa shape index (κ2) is 4.60. The molecule has 3 nitrogen and oxygen atoms in total. The van der Waals surface area contributed by atoms with Crippen LogP contribution in [-0.4, -0.2) is 47.4 Å². The van der Waals surface area contributed by atoms with Crippen LogP contribution in [0.25, 0.3) is 0 Å². The molecule has 17 heavy (non-hydrogen) atoms. The lowest BCUT2D eigenvalue weighted by Crippen LogP contribution is -2.55. The Balaban J connectivity index is 3.03. The number of amides is 1. The number of nitrogens with zero attached hydrogens (tertiary/aromatic N) is 2. The molecule has 0 saturated carbocycles. The van der Waals surface area contributed by atoms with Gasteiger partial charge in [-0.3, -0.25) is 9.69 Å². The molecule has 0 aromatic heterocycles. The molecule has 0 aromatic rings. The molecule has 1 aliphatic heterocycles. The van der Waals surface area contributed by atoms with Crippen LogP contribution < -0.4 is 0 Å². The Kier molecular flexibility index (Phi) is 3.92. The fourth-order valence-electron chi connectivity index (χ4n) is 2.57. The molecule has 1 atom stereocenters. The third-order valence-electron chi connectivity index (χ3n) is 3.68. The van der Waals surface area contributed by atoms with Gasteiger partial charge in [-0.05, 0) is 26.2 Å². The molecule has 1 rings (SSSR count). The third kappa shape index (κ3) is 3.44. The number of carbonyl (C=O) groups excluding carboxylic acids is 1. The van der Waals surface area contributed by atoms with Crippen LogP contribution in [0.3, 0.4) is 0 Å². The summed E-state index contributed by atoms with van der Waals surface area (Å²) in [7, 11) is 1.92. The molecule has 1 aliphatic rings. The average molecular weight is 240 g/mol. The molecule has 0 spiro atoms. The smallest absolute Gasteiger partial charge is 0.223 e. The third-order valence-corrected chi connectivity index (χ3v) is 3.68. The van der Waals surface area contributed by atoms with Gasteiger partial charge in [0.05, 0.1) is 0 Å². The van der Waals surface area contributed by atoms with Gasteiger partial charge in [0.2, 0.25) is 5.91 Å². The zero-order valence-electron chi connectivity index (χ0n) is 12.5. The molecule has 100 valence electrons. The standard InChI is InChI=1S/C14H28N2O/c1-13(2,3)11-10-15(7)12(17)8-9-16(11)14(4,5)6/h11H,8-10H2,1-7H3. The molecular weight excluding hydrogens is 212 g/mol. The fourth-order valence-corrected chi connectivity index (χ4v) is 2.57. The van der Waals surface area contributed by atoms with E-state index >= 15 is 0 Å². The maximum absolute atomic E-state index is 11.9. The molecule has 3 heteroatoms. The molecule has 0 radical (unpaired) electrons. The number of rotatable bonds is 0. The first-order chi connectivity index (χ1) is 7.53. The molecule has 0 aromatic carbocycles. The molecule has 1 heterocycles. The van der Waals surface area contributed by atoms with Crippen molar-refractivity contribution in [1.29, 1.82) is 0 Å². The van der Waals surface area contributed by atoms with Gasteiger partial charge in [-0.2, -0.15) is 0 Å². The molecule has 0 aliphatic carbocycles. The molecule has 0 bridgehead atoms. The first-order valence-corrected chi connectivity index (χ1v) is 6.54. The molecule has 1 saturated heterocycles. The van der Waals surface area contributed by atoms with E-state index in [0.717, 1.165) is 13.1 Å². The number of carbonyl (C=O) groups is 1. The summed E-state index contributed by atoms with van der Waals surface area (Å²) in [6.45, 7) is 15.2. The van der Waals surface area contributed by atoms with Gasteiger partial charge in [-0.15, -0.1) is 0 Å². The Morgan fingerprint density at radius 1 is 1.12 bits per heavy atom. The van der Waals surface area contributed by atoms with Crippen LogP contribution in [0.2, 0.25) is 0 Å². The SMILES string of the molecule is CN1CC(C(C)(C)C)N(C(C)(C)C)CCC1=O. The Morgan fingerprint density at radius 2 is 1.65 bits per heavy atom. The van der Waals surface area contributed by atoms with Crippen LogP contribution in [-0.2, 0) is 4.79 Å². The summed E-state index contributed by atoms with van der Waals surface area (Å²) in [5, 5.41) is 0. The van der Waals surface area contributed by atoms with E-state index in [1.54, 1.807) is 0 Å². The van der Waals surface area contributed by atoms with Crippen molar-refractivity contribution in [1.82, 2.24) is 9.80 Å². The Bertz CT molecular complexity index is 286. The van der Waals surface area contributed by atoms with Crippen molar-refractivity contribution in [2.75, 3.05) is 20.1 Å². The van der Waals surface area contributed by atoms with Crippen molar-refractivity contribution >= 4 is 5.91 Å². The molecule has 0 N–H and O–H groups in total. The molecule has 1 fully saturated rings. The highest BCUT2D eigenvalue weighted by atomic mass is 16.2. The van der Waals surface area contributed by atoms with Gasteiger partial charge >= 0.3 is 0 Å². The van der Waals surface area contributed by atoms with Crippen LogP contribution in [0.15, 0.2) is 0 Å². The average Bonchev–Trinajstić information content (AvgIpc) is 2.25. The highest BCUT2D eigenvalue weighted by Gasteiger charge is 2.39. The van der Waals surface area contributed by atoms with Crippen LogP contribution >= 0.6 is 0 Å². The molecule has 1 amide bonds. The Morgan fingerprint density at radius 3 is 2.06 bits per heavy atom. The summed E-state index contributed by atoms with van der Waals surface area (Å²) in [5.74, 6) is 0.269. The lowest BCUT2D eigenvalue weighted by Gasteiger charge is -2.46. The van der Waals surface area contributed by atoms with Gasteiger partial charge in [-0.25, -0.2) is 0 Å². The highest BCUT2D eigenvalue weighted by molar-refractivity contribution is 5.76. The van der Waals surface area contributed by atoms with Crippen molar-refractivity contribution in [2.24, 2.45) is 5.41 Å². The van der Waals surface area contributed by atoms with E-state index in [4.69, 9.17) is 0 Å². The van der Waals surface area contributed by atoms with E-state index in [1.165, 1.54) is 0 Å². The van der Waals surface area contributed by atoms with E-state index in [1.807, 2.05) is 11.9 Å².